The number of rotatable bonds is 5. The SMILES string of the molecule is CCc1cccc(Oc2ccc(Cl)cc2/C=C/C(=O)O)c1. The van der Waals surface area contributed by atoms with Gasteiger partial charge in [0.15, 0.2) is 0 Å². The quantitative estimate of drug-likeness (QED) is 0.808. The van der Waals surface area contributed by atoms with Crippen LogP contribution in [0.2, 0.25) is 5.02 Å². The Morgan fingerprint density at radius 1 is 1.29 bits per heavy atom. The molecule has 2 aromatic carbocycles. The van der Waals surface area contributed by atoms with Gasteiger partial charge in [0.1, 0.15) is 11.5 Å². The number of ether oxygens (including phenoxy) is 1. The Morgan fingerprint density at radius 2 is 2.10 bits per heavy atom. The number of carboxylic acids is 1. The minimum Gasteiger partial charge on any atom is -0.478 e. The van der Waals surface area contributed by atoms with Crippen molar-refractivity contribution in [3.63, 3.8) is 0 Å². The molecule has 0 spiro atoms. The molecular formula is C17H15ClO3. The molecular weight excluding hydrogens is 288 g/mol. The second-order valence-corrected chi connectivity index (χ2v) is 4.89. The highest BCUT2D eigenvalue weighted by Crippen LogP contribution is 2.29. The highest BCUT2D eigenvalue weighted by atomic mass is 35.5. The number of hydrogen-bond acceptors (Lipinski definition) is 2. The van der Waals surface area contributed by atoms with Crippen LogP contribution in [0, 0.1) is 0 Å². The van der Waals surface area contributed by atoms with Crippen molar-refractivity contribution in [3.8, 4) is 11.5 Å². The zero-order chi connectivity index (χ0) is 15.2. The smallest absolute Gasteiger partial charge is 0.328 e. The summed E-state index contributed by atoms with van der Waals surface area (Å²) in [5.74, 6) is 0.251. The molecule has 0 unspecified atom stereocenters. The lowest BCUT2D eigenvalue weighted by Crippen LogP contribution is -1.91. The molecule has 0 saturated carbocycles. The first-order valence-electron chi connectivity index (χ1n) is 6.56. The van der Waals surface area contributed by atoms with Gasteiger partial charge in [-0.15, -0.1) is 0 Å². The summed E-state index contributed by atoms with van der Waals surface area (Å²) in [6.07, 6.45) is 3.44. The lowest BCUT2D eigenvalue weighted by Gasteiger charge is -2.10. The van der Waals surface area contributed by atoms with Crippen molar-refractivity contribution < 1.29 is 14.6 Å². The van der Waals surface area contributed by atoms with E-state index >= 15 is 0 Å². The molecule has 0 aliphatic heterocycles. The average molecular weight is 303 g/mol. The predicted molar refractivity (Wildman–Crippen MR) is 84.0 cm³/mol. The summed E-state index contributed by atoms with van der Waals surface area (Å²) in [4.78, 5) is 10.7. The highest BCUT2D eigenvalue weighted by Gasteiger charge is 2.05. The van der Waals surface area contributed by atoms with Gasteiger partial charge < -0.3 is 9.84 Å². The lowest BCUT2D eigenvalue weighted by molar-refractivity contribution is -0.131. The van der Waals surface area contributed by atoms with Gasteiger partial charge in [0.25, 0.3) is 0 Å². The maximum absolute atomic E-state index is 10.7. The van der Waals surface area contributed by atoms with Crippen LogP contribution in [0.4, 0.5) is 0 Å². The molecule has 4 heteroatoms. The Hall–Kier alpha value is -2.26. The summed E-state index contributed by atoms with van der Waals surface area (Å²) < 4.78 is 5.84. The van der Waals surface area contributed by atoms with Crippen molar-refractivity contribution in [1.82, 2.24) is 0 Å². The van der Waals surface area contributed by atoms with Gasteiger partial charge in [-0.1, -0.05) is 30.7 Å². The molecule has 0 heterocycles. The summed E-state index contributed by atoms with van der Waals surface area (Å²) >= 11 is 5.95. The molecule has 1 N–H and O–H groups in total. The minimum atomic E-state index is -1.02. The van der Waals surface area contributed by atoms with Crippen LogP contribution in [0.25, 0.3) is 6.08 Å². The Kier molecular flexibility index (Phi) is 5.01. The van der Waals surface area contributed by atoms with Crippen LogP contribution >= 0.6 is 11.6 Å². The van der Waals surface area contributed by atoms with Gasteiger partial charge in [-0.2, -0.15) is 0 Å². The van der Waals surface area contributed by atoms with E-state index in [1.54, 1.807) is 18.2 Å². The van der Waals surface area contributed by atoms with E-state index in [9.17, 15) is 4.79 Å². The summed E-state index contributed by atoms with van der Waals surface area (Å²) in [7, 11) is 0. The normalized spacial score (nSPS) is 10.8. The summed E-state index contributed by atoms with van der Waals surface area (Å²) in [5, 5.41) is 9.26. The van der Waals surface area contributed by atoms with E-state index in [4.69, 9.17) is 21.4 Å². The molecule has 0 bridgehead atoms. The maximum Gasteiger partial charge on any atom is 0.328 e. The number of benzene rings is 2. The molecule has 0 fully saturated rings. The van der Waals surface area contributed by atoms with E-state index in [-0.39, 0.29) is 0 Å². The second kappa shape index (κ2) is 6.95. The van der Waals surface area contributed by atoms with Crippen molar-refractivity contribution in [2.75, 3.05) is 0 Å². The first-order chi connectivity index (χ1) is 10.1. The molecule has 21 heavy (non-hydrogen) atoms. The number of halogens is 1. The standard InChI is InChI=1S/C17H15ClO3/c1-2-12-4-3-5-15(10-12)21-16-8-7-14(18)11-13(16)6-9-17(19)20/h3-11H,2H2,1H3,(H,19,20)/b9-6+. The van der Waals surface area contributed by atoms with Gasteiger partial charge in [-0.05, 0) is 48.4 Å². The number of carbonyl (C=O) groups is 1. The highest BCUT2D eigenvalue weighted by molar-refractivity contribution is 6.30. The fourth-order valence-electron chi connectivity index (χ4n) is 1.86. The van der Waals surface area contributed by atoms with Gasteiger partial charge in [-0.3, -0.25) is 0 Å². The van der Waals surface area contributed by atoms with E-state index in [0.717, 1.165) is 12.5 Å². The van der Waals surface area contributed by atoms with Crippen molar-refractivity contribution in [2.24, 2.45) is 0 Å². The third-order valence-corrected chi connectivity index (χ3v) is 3.15. The first-order valence-corrected chi connectivity index (χ1v) is 6.93. The molecule has 0 aliphatic rings. The van der Waals surface area contributed by atoms with Crippen LogP contribution in [0.15, 0.2) is 48.5 Å². The van der Waals surface area contributed by atoms with Crippen molar-refractivity contribution >= 4 is 23.6 Å². The molecule has 0 aliphatic carbocycles. The third kappa shape index (κ3) is 4.36. The van der Waals surface area contributed by atoms with Gasteiger partial charge in [0, 0.05) is 16.7 Å². The molecule has 2 aromatic rings. The van der Waals surface area contributed by atoms with Crippen LogP contribution in [-0.4, -0.2) is 11.1 Å². The summed E-state index contributed by atoms with van der Waals surface area (Å²) in [6.45, 7) is 2.07. The van der Waals surface area contributed by atoms with E-state index in [1.165, 1.54) is 11.6 Å². The van der Waals surface area contributed by atoms with E-state index in [1.807, 2.05) is 24.3 Å². The van der Waals surface area contributed by atoms with Gasteiger partial charge in [0.05, 0.1) is 0 Å². The van der Waals surface area contributed by atoms with Crippen LogP contribution < -0.4 is 4.74 Å². The van der Waals surface area contributed by atoms with Gasteiger partial charge in [-0.25, -0.2) is 4.79 Å². The van der Waals surface area contributed by atoms with Crippen molar-refractivity contribution in [1.29, 1.82) is 0 Å². The average Bonchev–Trinajstić information content (AvgIpc) is 2.47. The Balaban J connectivity index is 2.32. The largest absolute Gasteiger partial charge is 0.478 e. The van der Waals surface area contributed by atoms with E-state index in [0.29, 0.717) is 22.1 Å². The lowest BCUT2D eigenvalue weighted by atomic mass is 10.1. The van der Waals surface area contributed by atoms with Crippen molar-refractivity contribution in [3.05, 3.63) is 64.7 Å². The zero-order valence-electron chi connectivity index (χ0n) is 11.5. The Bertz CT molecular complexity index is 677. The molecule has 0 radical (unpaired) electrons. The Morgan fingerprint density at radius 3 is 2.81 bits per heavy atom. The molecule has 2 rings (SSSR count). The third-order valence-electron chi connectivity index (χ3n) is 2.91. The fourth-order valence-corrected chi connectivity index (χ4v) is 2.04. The molecule has 0 aromatic heterocycles. The predicted octanol–water partition coefficient (Wildman–Crippen LogP) is 4.79. The minimum absolute atomic E-state index is 0.523. The maximum atomic E-state index is 10.7. The number of carboxylic acid groups (broad SMARTS) is 1. The van der Waals surface area contributed by atoms with Crippen molar-refractivity contribution in [2.45, 2.75) is 13.3 Å². The van der Waals surface area contributed by atoms with Crippen LogP contribution in [0.1, 0.15) is 18.1 Å². The zero-order valence-corrected chi connectivity index (χ0v) is 12.3. The second-order valence-electron chi connectivity index (χ2n) is 4.46. The monoisotopic (exact) mass is 302 g/mol. The molecule has 3 nitrogen and oxygen atoms in total. The van der Waals surface area contributed by atoms with E-state index < -0.39 is 5.97 Å². The van der Waals surface area contributed by atoms with Crippen LogP contribution in [0.5, 0.6) is 11.5 Å². The van der Waals surface area contributed by atoms with Crippen LogP contribution in [0.3, 0.4) is 0 Å². The summed E-state index contributed by atoms with van der Waals surface area (Å²) in [5.41, 5.74) is 1.79. The fraction of sp³-hybridized carbons (Fsp3) is 0.118. The van der Waals surface area contributed by atoms with E-state index in [2.05, 4.69) is 6.92 Å². The number of hydrogen-bond donors (Lipinski definition) is 1. The number of aryl methyl sites for hydroxylation is 1. The molecule has 0 atom stereocenters. The molecule has 0 saturated heterocycles. The topological polar surface area (TPSA) is 46.5 Å². The molecule has 0 amide bonds. The number of aliphatic carboxylic acids is 1. The van der Waals surface area contributed by atoms with Gasteiger partial charge >= 0.3 is 5.97 Å². The molecule has 108 valence electrons. The summed E-state index contributed by atoms with van der Waals surface area (Å²) in [6, 6.07) is 12.9. The van der Waals surface area contributed by atoms with Crippen LogP contribution in [-0.2, 0) is 11.2 Å². The van der Waals surface area contributed by atoms with Gasteiger partial charge in [0.2, 0.25) is 0 Å². The first kappa shape index (κ1) is 15.1. The Labute approximate surface area is 128 Å².